The molecule has 17 heavy (non-hydrogen) atoms. The molecule has 1 atom stereocenters. The fourth-order valence-electron chi connectivity index (χ4n) is 2.19. The number of hydrogen-bond acceptors (Lipinski definition) is 3. The maximum Gasteiger partial charge on any atom is 0.269 e. The predicted octanol–water partition coefficient (Wildman–Crippen LogP) is 1.13. The van der Waals surface area contributed by atoms with Crippen molar-refractivity contribution in [2.45, 2.75) is 25.4 Å². The normalized spacial score (nSPS) is 17.2. The Morgan fingerprint density at radius 3 is 2.94 bits per heavy atom. The lowest BCUT2D eigenvalue weighted by Gasteiger charge is -2.14. The summed E-state index contributed by atoms with van der Waals surface area (Å²) in [5.41, 5.74) is 7.74. The molecule has 1 heterocycles. The highest BCUT2D eigenvalue weighted by atomic mass is 16.1. The van der Waals surface area contributed by atoms with Crippen LogP contribution in [-0.4, -0.2) is 15.6 Å². The zero-order valence-electron chi connectivity index (χ0n) is 9.54. The molecule has 88 valence electrons. The lowest BCUT2D eigenvalue weighted by atomic mass is 10.2. The minimum atomic E-state index is -0.0696. The maximum absolute atomic E-state index is 11.9. The molecule has 1 aliphatic rings. The van der Waals surface area contributed by atoms with Gasteiger partial charge in [-0.05, 0) is 30.9 Å². The minimum Gasteiger partial charge on any atom is -0.326 e. The van der Waals surface area contributed by atoms with E-state index in [9.17, 15) is 4.79 Å². The van der Waals surface area contributed by atoms with Crippen LogP contribution in [0.15, 0.2) is 35.3 Å². The molecule has 0 spiro atoms. The third-order valence-corrected chi connectivity index (χ3v) is 3.37. The third-order valence-electron chi connectivity index (χ3n) is 3.37. The molecule has 2 N–H and O–H groups in total. The molecule has 1 saturated carbocycles. The van der Waals surface area contributed by atoms with Crippen molar-refractivity contribution in [3.8, 4) is 0 Å². The van der Waals surface area contributed by atoms with Crippen molar-refractivity contribution in [3.05, 3.63) is 40.8 Å². The van der Waals surface area contributed by atoms with Crippen molar-refractivity contribution in [3.63, 3.8) is 0 Å². The smallest absolute Gasteiger partial charge is 0.269 e. The van der Waals surface area contributed by atoms with E-state index in [1.165, 1.54) is 19.0 Å². The number of nitrogens with zero attached hydrogens (tertiary/aromatic N) is 2. The van der Waals surface area contributed by atoms with Gasteiger partial charge in [-0.1, -0.05) is 12.1 Å². The standard InChI is InChI=1S/C13H15N3O/c14-10(9-5-6-9)8-16-12-4-2-1-3-11(12)15-7-13(16)17/h1-4,7,9-10H,5-6,8,14H2. The van der Waals surface area contributed by atoms with Crippen LogP contribution in [0.4, 0.5) is 0 Å². The Morgan fingerprint density at radius 2 is 2.18 bits per heavy atom. The molecule has 1 aromatic carbocycles. The molecule has 0 amide bonds. The van der Waals surface area contributed by atoms with E-state index in [2.05, 4.69) is 4.98 Å². The lowest BCUT2D eigenvalue weighted by molar-refractivity contribution is 0.502. The second-order valence-electron chi connectivity index (χ2n) is 4.70. The Kier molecular flexibility index (Phi) is 2.44. The largest absolute Gasteiger partial charge is 0.326 e. The van der Waals surface area contributed by atoms with Gasteiger partial charge in [-0.15, -0.1) is 0 Å². The SMILES string of the molecule is NC(Cn1c(=O)cnc2ccccc21)C1CC1. The van der Waals surface area contributed by atoms with Gasteiger partial charge in [-0.3, -0.25) is 4.79 Å². The van der Waals surface area contributed by atoms with Crippen molar-refractivity contribution in [2.24, 2.45) is 11.7 Å². The van der Waals surface area contributed by atoms with Gasteiger partial charge in [0.05, 0.1) is 17.2 Å². The van der Waals surface area contributed by atoms with Crippen molar-refractivity contribution >= 4 is 11.0 Å². The van der Waals surface area contributed by atoms with Gasteiger partial charge in [0.25, 0.3) is 5.56 Å². The summed E-state index contributed by atoms with van der Waals surface area (Å²) in [4.78, 5) is 16.0. The Morgan fingerprint density at radius 1 is 1.41 bits per heavy atom. The van der Waals surface area contributed by atoms with Crippen LogP contribution in [0.1, 0.15) is 12.8 Å². The van der Waals surface area contributed by atoms with Crippen LogP contribution < -0.4 is 11.3 Å². The molecule has 3 rings (SSSR count). The summed E-state index contributed by atoms with van der Waals surface area (Å²) < 4.78 is 1.74. The van der Waals surface area contributed by atoms with E-state index >= 15 is 0 Å². The van der Waals surface area contributed by atoms with Crippen LogP contribution in [-0.2, 0) is 6.54 Å². The number of aromatic nitrogens is 2. The second kappa shape index (κ2) is 3.96. The van der Waals surface area contributed by atoms with Crippen LogP contribution in [0, 0.1) is 5.92 Å². The fraction of sp³-hybridized carbons (Fsp3) is 0.385. The molecule has 4 heteroatoms. The van der Waals surface area contributed by atoms with Crippen LogP contribution in [0.3, 0.4) is 0 Å². The lowest BCUT2D eigenvalue weighted by Crippen LogP contribution is -2.33. The van der Waals surface area contributed by atoms with Gasteiger partial charge in [0.2, 0.25) is 0 Å². The van der Waals surface area contributed by atoms with Gasteiger partial charge in [0.1, 0.15) is 0 Å². The van der Waals surface area contributed by atoms with Crippen molar-refractivity contribution < 1.29 is 0 Å². The van der Waals surface area contributed by atoms with E-state index in [4.69, 9.17) is 5.73 Å². The average molecular weight is 229 g/mol. The van der Waals surface area contributed by atoms with E-state index in [1.807, 2.05) is 24.3 Å². The third kappa shape index (κ3) is 1.96. The first-order chi connectivity index (χ1) is 8.25. The Balaban J connectivity index is 2.06. The van der Waals surface area contributed by atoms with Crippen LogP contribution >= 0.6 is 0 Å². The van der Waals surface area contributed by atoms with E-state index in [0.717, 1.165) is 11.0 Å². The summed E-state index contributed by atoms with van der Waals surface area (Å²) in [6, 6.07) is 7.75. The Labute approximate surface area is 99.1 Å². The van der Waals surface area contributed by atoms with E-state index in [1.54, 1.807) is 4.57 Å². The molecule has 2 aromatic rings. The maximum atomic E-state index is 11.9. The molecule has 4 nitrogen and oxygen atoms in total. The zero-order valence-corrected chi connectivity index (χ0v) is 9.54. The van der Waals surface area contributed by atoms with Crippen LogP contribution in [0.25, 0.3) is 11.0 Å². The first-order valence-electron chi connectivity index (χ1n) is 5.96. The highest BCUT2D eigenvalue weighted by Gasteiger charge is 2.28. The summed E-state index contributed by atoms with van der Waals surface area (Å²) in [5, 5.41) is 0. The average Bonchev–Trinajstić information content (AvgIpc) is 3.17. The van der Waals surface area contributed by atoms with Crippen LogP contribution in [0.5, 0.6) is 0 Å². The van der Waals surface area contributed by atoms with Crippen LogP contribution in [0.2, 0.25) is 0 Å². The minimum absolute atomic E-state index is 0.0696. The van der Waals surface area contributed by atoms with Gasteiger partial charge < -0.3 is 10.3 Å². The van der Waals surface area contributed by atoms with Crippen molar-refractivity contribution in [1.82, 2.24) is 9.55 Å². The summed E-state index contributed by atoms with van der Waals surface area (Å²) in [6.45, 7) is 0.590. The van der Waals surface area contributed by atoms with Gasteiger partial charge in [-0.25, -0.2) is 4.98 Å². The molecule has 1 aliphatic carbocycles. The van der Waals surface area contributed by atoms with E-state index in [0.29, 0.717) is 12.5 Å². The molecule has 0 aliphatic heterocycles. The second-order valence-corrected chi connectivity index (χ2v) is 4.70. The number of hydrogen-bond donors (Lipinski definition) is 1. The number of nitrogens with two attached hydrogens (primary N) is 1. The first-order valence-corrected chi connectivity index (χ1v) is 5.96. The molecule has 0 saturated heterocycles. The number of para-hydroxylation sites is 2. The van der Waals surface area contributed by atoms with Gasteiger partial charge in [-0.2, -0.15) is 0 Å². The van der Waals surface area contributed by atoms with Gasteiger partial charge in [0, 0.05) is 12.6 Å². The van der Waals surface area contributed by atoms with Gasteiger partial charge in [0.15, 0.2) is 0 Å². The zero-order chi connectivity index (χ0) is 11.8. The Hall–Kier alpha value is -1.68. The molecule has 0 bridgehead atoms. The summed E-state index contributed by atoms with van der Waals surface area (Å²) >= 11 is 0. The first kappa shape index (κ1) is 10.5. The fourth-order valence-corrected chi connectivity index (χ4v) is 2.19. The van der Waals surface area contributed by atoms with E-state index < -0.39 is 0 Å². The summed E-state index contributed by atoms with van der Waals surface area (Å²) in [6.07, 6.45) is 3.76. The quantitative estimate of drug-likeness (QED) is 0.858. The Bertz CT molecular complexity index is 601. The molecular formula is C13H15N3O. The van der Waals surface area contributed by atoms with Crippen molar-refractivity contribution in [1.29, 1.82) is 0 Å². The molecule has 0 radical (unpaired) electrons. The molecule has 1 aromatic heterocycles. The molecule has 1 unspecified atom stereocenters. The van der Waals surface area contributed by atoms with Crippen molar-refractivity contribution in [2.75, 3.05) is 0 Å². The van der Waals surface area contributed by atoms with Gasteiger partial charge >= 0.3 is 0 Å². The summed E-state index contributed by atoms with van der Waals surface area (Å²) in [5.74, 6) is 0.592. The molecule has 1 fully saturated rings. The summed E-state index contributed by atoms with van der Waals surface area (Å²) in [7, 11) is 0. The number of benzene rings is 1. The number of rotatable bonds is 3. The monoisotopic (exact) mass is 229 g/mol. The highest BCUT2D eigenvalue weighted by molar-refractivity contribution is 5.74. The van der Waals surface area contributed by atoms with E-state index in [-0.39, 0.29) is 11.6 Å². The topological polar surface area (TPSA) is 60.9 Å². The predicted molar refractivity (Wildman–Crippen MR) is 66.7 cm³/mol. The number of fused-ring (bicyclic) bond motifs is 1. The molecular weight excluding hydrogens is 214 g/mol. The highest BCUT2D eigenvalue weighted by Crippen LogP contribution is 2.32.